The van der Waals surface area contributed by atoms with Crippen molar-refractivity contribution in [2.45, 2.75) is 91.3 Å². The molecule has 4 aromatic rings. The monoisotopic (exact) mass is 585 g/mol. The van der Waals surface area contributed by atoms with Crippen LogP contribution in [0.15, 0.2) is 62.6 Å². The number of nitrogens with zero attached hydrogens (tertiary/aromatic N) is 4. The minimum Gasteiger partial charge on any atom is -0.360 e. The number of H-pyrrole nitrogens is 1. The van der Waals surface area contributed by atoms with Crippen LogP contribution in [0.3, 0.4) is 0 Å². The zero-order chi connectivity index (χ0) is 29.8. The van der Waals surface area contributed by atoms with Gasteiger partial charge in [0.15, 0.2) is 5.82 Å². The predicted molar refractivity (Wildman–Crippen MR) is 170 cm³/mol. The normalized spacial score (nSPS) is 17.0. The van der Waals surface area contributed by atoms with Gasteiger partial charge < -0.3 is 4.90 Å². The number of benzene rings is 2. The third-order valence-electron chi connectivity index (χ3n) is 8.34. The van der Waals surface area contributed by atoms with E-state index in [1.165, 1.54) is 6.42 Å². The summed E-state index contributed by atoms with van der Waals surface area (Å²) in [5.74, 6) is 0.612. The Morgan fingerprint density at radius 3 is 2.38 bits per heavy atom. The van der Waals surface area contributed by atoms with Gasteiger partial charge in [0.05, 0.1) is 11.5 Å². The Hall–Kier alpha value is -3.85. The molecule has 9 heteroatoms. The molecule has 0 aliphatic carbocycles. The van der Waals surface area contributed by atoms with E-state index in [2.05, 4.69) is 35.8 Å². The number of hydrogen-bond acceptors (Lipinski definition) is 6. The number of aromatic nitrogens is 4. The minimum absolute atomic E-state index is 0.00215. The van der Waals surface area contributed by atoms with E-state index >= 15 is 0 Å². The van der Waals surface area contributed by atoms with E-state index in [9.17, 15) is 9.59 Å². The standard InChI is InChI=1S/C33H39N5O3S/c1-5-6-14-29-34-23(4)28(19-30(42)38-21(2)10-9-11-22(38)3)32(39)37(29)20-24-15-17-25(18-16-24)26-12-7-8-13-27(26)31-35-33(40)41-36-31/h7-8,12-13,15-18,21-22H,5-6,9-11,14,19-20H2,1-4H3,(H,35,36,40)/t21-,22+. The van der Waals surface area contributed by atoms with Crippen LogP contribution < -0.4 is 11.3 Å². The van der Waals surface area contributed by atoms with Gasteiger partial charge in [-0.2, -0.15) is 0 Å². The maximum Gasteiger partial charge on any atom is 0.439 e. The van der Waals surface area contributed by atoms with Gasteiger partial charge >= 0.3 is 5.76 Å². The Morgan fingerprint density at radius 1 is 1.05 bits per heavy atom. The number of hydrogen-bond donors (Lipinski definition) is 1. The summed E-state index contributed by atoms with van der Waals surface area (Å²) in [7, 11) is 0. The molecule has 0 radical (unpaired) electrons. The van der Waals surface area contributed by atoms with Crippen LogP contribution in [0.4, 0.5) is 0 Å². The molecule has 1 fully saturated rings. The van der Waals surface area contributed by atoms with Gasteiger partial charge in [0.2, 0.25) is 0 Å². The first-order valence-electron chi connectivity index (χ1n) is 14.9. The average molecular weight is 586 g/mol. The molecule has 220 valence electrons. The lowest BCUT2D eigenvalue weighted by Gasteiger charge is -2.41. The quantitative estimate of drug-likeness (QED) is 0.238. The largest absolute Gasteiger partial charge is 0.439 e. The highest BCUT2D eigenvalue weighted by Gasteiger charge is 2.28. The number of rotatable bonds is 9. The maximum absolute atomic E-state index is 14.1. The fourth-order valence-electron chi connectivity index (χ4n) is 6.06. The van der Waals surface area contributed by atoms with Crippen molar-refractivity contribution in [3.8, 4) is 22.5 Å². The van der Waals surface area contributed by atoms with Crippen LogP contribution in [-0.2, 0) is 19.4 Å². The SMILES string of the molecule is CCCCc1nc(C)c(CC(=S)N2[C@H](C)CCC[C@@H]2C)c(=O)n1Cc1ccc(-c2ccccc2-c2noc(=O)[nH]2)cc1. The van der Waals surface area contributed by atoms with Gasteiger partial charge in [-0.3, -0.25) is 18.9 Å². The number of piperidine rings is 1. The first-order chi connectivity index (χ1) is 20.3. The average Bonchev–Trinajstić information content (AvgIpc) is 3.42. The van der Waals surface area contributed by atoms with Gasteiger partial charge in [0.1, 0.15) is 5.82 Å². The van der Waals surface area contributed by atoms with Gasteiger partial charge in [-0.05, 0) is 63.1 Å². The van der Waals surface area contributed by atoms with Crippen LogP contribution in [0, 0.1) is 6.92 Å². The number of unbranched alkanes of at least 4 members (excludes halogenated alkanes) is 1. The highest BCUT2D eigenvalue weighted by atomic mass is 32.1. The van der Waals surface area contributed by atoms with E-state index < -0.39 is 5.76 Å². The smallest absolute Gasteiger partial charge is 0.360 e. The van der Waals surface area contributed by atoms with Crippen molar-refractivity contribution in [2.75, 3.05) is 0 Å². The van der Waals surface area contributed by atoms with Crippen molar-refractivity contribution in [1.29, 1.82) is 0 Å². The molecule has 2 atom stereocenters. The number of likely N-dealkylation sites (tertiary alicyclic amines) is 1. The molecule has 5 rings (SSSR count). The highest BCUT2D eigenvalue weighted by Crippen LogP contribution is 2.30. The van der Waals surface area contributed by atoms with Gasteiger partial charge in [-0.1, -0.05) is 79.3 Å². The summed E-state index contributed by atoms with van der Waals surface area (Å²) >= 11 is 5.93. The zero-order valence-electron chi connectivity index (χ0n) is 24.9. The molecule has 42 heavy (non-hydrogen) atoms. The first-order valence-corrected chi connectivity index (χ1v) is 15.3. The summed E-state index contributed by atoms with van der Waals surface area (Å²) in [6, 6.07) is 16.6. The number of aromatic amines is 1. The van der Waals surface area contributed by atoms with Gasteiger partial charge in [-0.25, -0.2) is 9.78 Å². The van der Waals surface area contributed by atoms with Crippen molar-refractivity contribution >= 4 is 17.2 Å². The second kappa shape index (κ2) is 13.0. The molecule has 8 nitrogen and oxygen atoms in total. The number of thiocarbonyl (C=S) groups is 1. The Kier molecular flexibility index (Phi) is 9.16. The summed E-state index contributed by atoms with van der Waals surface area (Å²) in [6.07, 6.45) is 6.64. The molecular formula is C33H39N5O3S. The van der Waals surface area contributed by atoms with E-state index in [0.717, 1.165) is 70.9 Å². The Balaban J connectivity index is 1.45. The third kappa shape index (κ3) is 6.31. The molecule has 1 N–H and O–H groups in total. The van der Waals surface area contributed by atoms with Gasteiger partial charge in [0.25, 0.3) is 5.56 Å². The summed E-state index contributed by atoms with van der Waals surface area (Å²) in [5.41, 5.74) is 5.13. The Morgan fingerprint density at radius 2 is 1.74 bits per heavy atom. The van der Waals surface area contributed by atoms with Crippen molar-refractivity contribution in [3.05, 3.63) is 92.1 Å². The Bertz CT molecular complexity index is 1660. The molecule has 0 unspecified atom stereocenters. The molecule has 2 aromatic heterocycles. The van der Waals surface area contributed by atoms with Crippen LogP contribution in [0.2, 0.25) is 0 Å². The lowest BCUT2D eigenvalue weighted by Crippen LogP contribution is -2.48. The molecule has 2 aromatic carbocycles. The summed E-state index contributed by atoms with van der Waals surface area (Å²) in [4.78, 5) is 36.3. The summed E-state index contributed by atoms with van der Waals surface area (Å²) in [5, 5.41) is 3.86. The van der Waals surface area contributed by atoms with Crippen molar-refractivity contribution in [2.24, 2.45) is 0 Å². The molecule has 1 aliphatic rings. The van der Waals surface area contributed by atoms with E-state index in [1.54, 1.807) is 0 Å². The van der Waals surface area contributed by atoms with Crippen LogP contribution in [0.1, 0.15) is 75.5 Å². The zero-order valence-corrected chi connectivity index (χ0v) is 25.7. The van der Waals surface area contributed by atoms with Crippen LogP contribution in [0.5, 0.6) is 0 Å². The minimum atomic E-state index is -0.591. The van der Waals surface area contributed by atoms with E-state index in [-0.39, 0.29) is 5.56 Å². The fraction of sp³-hybridized carbons (Fsp3) is 0.424. The number of aryl methyl sites for hydroxylation is 2. The molecule has 0 spiro atoms. The third-order valence-corrected chi connectivity index (χ3v) is 8.70. The molecule has 3 heterocycles. The van der Waals surface area contributed by atoms with Crippen molar-refractivity contribution in [3.63, 3.8) is 0 Å². The number of nitrogens with one attached hydrogen (secondary N) is 1. The van der Waals surface area contributed by atoms with Gasteiger partial charge in [-0.15, -0.1) is 0 Å². The summed E-state index contributed by atoms with van der Waals surface area (Å²) in [6.45, 7) is 8.98. The van der Waals surface area contributed by atoms with Crippen LogP contribution >= 0.6 is 12.2 Å². The second-order valence-electron chi connectivity index (χ2n) is 11.4. The van der Waals surface area contributed by atoms with E-state index in [1.807, 2.05) is 60.0 Å². The van der Waals surface area contributed by atoms with E-state index in [0.29, 0.717) is 36.4 Å². The molecular weight excluding hydrogens is 546 g/mol. The molecule has 0 bridgehead atoms. The van der Waals surface area contributed by atoms with Crippen molar-refractivity contribution < 1.29 is 4.52 Å². The van der Waals surface area contributed by atoms with Crippen molar-refractivity contribution in [1.82, 2.24) is 24.6 Å². The first kappa shape index (κ1) is 29.6. The maximum atomic E-state index is 14.1. The summed E-state index contributed by atoms with van der Waals surface area (Å²) < 4.78 is 6.56. The van der Waals surface area contributed by atoms with Crippen LogP contribution in [0.25, 0.3) is 22.5 Å². The topological polar surface area (TPSA) is 97.0 Å². The molecule has 1 saturated heterocycles. The second-order valence-corrected chi connectivity index (χ2v) is 11.9. The lowest BCUT2D eigenvalue weighted by molar-refractivity contribution is 0.192. The lowest BCUT2D eigenvalue weighted by atomic mass is 9.96. The predicted octanol–water partition coefficient (Wildman–Crippen LogP) is 6.09. The fourth-order valence-corrected chi connectivity index (χ4v) is 6.57. The molecule has 0 amide bonds. The molecule has 0 saturated carbocycles. The highest BCUT2D eigenvalue weighted by molar-refractivity contribution is 7.80. The Labute approximate surface area is 251 Å². The van der Waals surface area contributed by atoms with Crippen LogP contribution in [-0.4, -0.2) is 41.7 Å². The van der Waals surface area contributed by atoms with E-state index in [4.69, 9.17) is 21.7 Å². The molecule has 1 aliphatic heterocycles. The van der Waals surface area contributed by atoms with Gasteiger partial charge in [0, 0.05) is 41.7 Å².